The van der Waals surface area contributed by atoms with Crippen LogP contribution in [0.4, 0.5) is 5.69 Å². The molecule has 0 spiro atoms. The number of anilines is 1. The maximum absolute atomic E-state index is 12.4. The van der Waals surface area contributed by atoms with Gasteiger partial charge in [-0.3, -0.25) is 4.72 Å². The Bertz CT molecular complexity index is 848. The van der Waals surface area contributed by atoms with Crippen molar-refractivity contribution in [3.05, 3.63) is 55.9 Å². The van der Waals surface area contributed by atoms with E-state index in [-0.39, 0.29) is 21.2 Å². The van der Waals surface area contributed by atoms with Crippen molar-refractivity contribution in [3.63, 3.8) is 0 Å². The SMILES string of the molecule is N#Cc1ccc(Br)cc1NS(=O)(=O)c1ccc(Br)cc1Cl. The van der Waals surface area contributed by atoms with E-state index < -0.39 is 10.0 Å². The highest BCUT2D eigenvalue weighted by molar-refractivity contribution is 9.10. The van der Waals surface area contributed by atoms with Crippen molar-refractivity contribution in [2.24, 2.45) is 0 Å². The summed E-state index contributed by atoms with van der Waals surface area (Å²) in [5.41, 5.74) is 0.404. The molecular formula is C13H7Br2ClN2O2S. The summed E-state index contributed by atoms with van der Waals surface area (Å²) >= 11 is 12.4. The maximum atomic E-state index is 12.4. The molecule has 0 fully saturated rings. The van der Waals surface area contributed by atoms with Crippen molar-refractivity contribution in [3.8, 4) is 6.07 Å². The highest BCUT2D eigenvalue weighted by Crippen LogP contribution is 2.28. The molecule has 4 nitrogen and oxygen atoms in total. The molecule has 0 heterocycles. The minimum Gasteiger partial charge on any atom is -0.278 e. The Kier molecular flexibility index (Phi) is 4.94. The third-order valence-electron chi connectivity index (χ3n) is 2.53. The first-order chi connectivity index (χ1) is 9.83. The van der Waals surface area contributed by atoms with E-state index >= 15 is 0 Å². The predicted octanol–water partition coefficient (Wildman–Crippen LogP) is 4.54. The van der Waals surface area contributed by atoms with E-state index in [1.807, 2.05) is 6.07 Å². The van der Waals surface area contributed by atoms with E-state index in [4.69, 9.17) is 16.9 Å². The highest BCUT2D eigenvalue weighted by Gasteiger charge is 2.19. The molecular weight excluding hydrogens is 443 g/mol. The van der Waals surface area contributed by atoms with E-state index in [1.54, 1.807) is 12.1 Å². The molecule has 2 aromatic rings. The van der Waals surface area contributed by atoms with Gasteiger partial charge in [0.15, 0.2) is 0 Å². The van der Waals surface area contributed by atoms with Crippen LogP contribution in [-0.2, 0) is 10.0 Å². The van der Waals surface area contributed by atoms with Gasteiger partial charge >= 0.3 is 0 Å². The van der Waals surface area contributed by atoms with Gasteiger partial charge in [0.25, 0.3) is 10.0 Å². The van der Waals surface area contributed by atoms with Crippen LogP contribution in [0.25, 0.3) is 0 Å². The van der Waals surface area contributed by atoms with Crippen LogP contribution in [0.2, 0.25) is 5.02 Å². The zero-order valence-corrected chi connectivity index (χ0v) is 15.0. The average molecular weight is 451 g/mol. The van der Waals surface area contributed by atoms with Crippen LogP contribution in [0.3, 0.4) is 0 Å². The number of benzene rings is 2. The highest BCUT2D eigenvalue weighted by atomic mass is 79.9. The minimum atomic E-state index is -3.88. The summed E-state index contributed by atoms with van der Waals surface area (Å²) in [5.74, 6) is 0. The summed E-state index contributed by atoms with van der Waals surface area (Å²) in [4.78, 5) is -0.0590. The molecule has 0 radical (unpaired) electrons. The van der Waals surface area contributed by atoms with Gasteiger partial charge in [-0.15, -0.1) is 0 Å². The van der Waals surface area contributed by atoms with E-state index in [1.165, 1.54) is 24.3 Å². The van der Waals surface area contributed by atoms with Gasteiger partial charge in [0, 0.05) is 8.95 Å². The smallest absolute Gasteiger partial charge is 0.263 e. The zero-order valence-electron chi connectivity index (χ0n) is 10.3. The molecule has 2 aromatic carbocycles. The fourth-order valence-electron chi connectivity index (χ4n) is 1.59. The number of halogens is 3. The minimum absolute atomic E-state index is 0.0590. The summed E-state index contributed by atoms with van der Waals surface area (Å²) in [7, 11) is -3.88. The van der Waals surface area contributed by atoms with Gasteiger partial charge in [-0.1, -0.05) is 43.5 Å². The summed E-state index contributed by atoms with van der Waals surface area (Å²) in [5, 5.41) is 9.12. The van der Waals surface area contributed by atoms with Crippen molar-refractivity contribution >= 4 is 59.2 Å². The van der Waals surface area contributed by atoms with Gasteiger partial charge in [0.2, 0.25) is 0 Å². The van der Waals surface area contributed by atoms with Crippen LogP contribution in [-0.4, -0.2) is 8.42 Å². The standard InChI is InChI=1S/C13H7Br2ClN2O2S/c14-9-3-4-13(11(16)5-9)21(19,20)18-12-6-10(15)2-1-8(12)7-17/h1-6,18H. The zero-order chi connectivity index (χ0) is 15.6. The van der Waals surface area contributed by atoms with Crippen LogP contribution < -0.4 is 4.72 Å². The van der Waals surface area contributed by atoms with Crippen LogP contribution in [0.15, 0.2) is 50.2 Å². The van der Waals surface area contributed by atoms with Crippen molar-refractivity contribution in [1.82, 2.24) is 0 Å². The van der Waals surface area contributed by atoms with Crippen LogP contribution in [0.5, 0.6) is 0 Å². The molecule has 0 unspecified atom stereocenters. The molecule has 0 aliphatic heterocycles. The summed E-state index contributed by atoms with van der Waals surface area (Å²) in [6.45, 7) is 0. The summed E-state index contributed by atoms with van der Waals surface area (Å²) in [6, 6.07) is 11.1. The molecule has 0 aromatic heterocycles. The lowest BCUT2D eigenvalue weighted by Crippen LogP contribution is -2.14. The number of hydrogen-bond acceptors (Lipinski definition) is 3. The molecule has 21 heavy (non-hydrogen) atoms. The molecule has 8 heteroatoms. The Morgan fingerprint density at radius 2 is 1.71 bits per heavy atom. The van der Waals surface area contributed by atoms with Gasteiger partial charge < -0.3 is 0 Å². The largest absolute Gasteiger partial charge is 0.278 e. The predicted molar refractivity (Wildman–Crippen MR) is 88.8 cm³/mol. The molecule has 0 aliphatic carbocycles. The van der Waals surface area contributed by atoms with Crippen LogP contribution >= 0.6 is 43.5 Å². The van der Waals surface area contributed by atoms with Gasteiger partial charge in [0.05, 0.1) is 16.3 Å². The fourth-order valence-corrected chi connectivity index (χ4v) is 4.06. The average Bonchev–Trinajstić information content (AvgIpc) is 2.37. The van der Waals surface area contributed by atoms with Gasteiger partial charge in [-0.25, -0.2) is 8.42 Å². The fraction of sp³-hybridized carbons (Fsp3) is 0. The topological polar surface area (TPSA) is 70.0 Å². The quantitative estimate of drug-likeness (QED) is 0.747. The number of nitrogens with one attached hydrogen (secondary N) is 1. The van der Waals surface area contributed by atoms with Crippen molar-refractivity contribution in [2.45, 2.75) is 4.90 Å². The Balaban J connectivity index is 2.47. The lowest BCUT2D eigenvalue weighted by molar-refractivity contribution is 0.601. The number of nitriles is 1. The second kappa shape index (κ2) is 6.36. The van der Waals surface area contributed by atoms with Crippen LogP contribution in [0.1, 0.15) is 5.56 Å². The van der Waals surface area contributed by atoms with Crippen molar-refractivity contribution in [1.29, 1.82) is 5.26 Å². The number of nitrogens with zero attached hydrogens (tertiary/aromatic N) is 1. The molecule has 0 amide bonds. The van der Waals surface area contributed by atoms with E-state index in [9.17, 15) is 8.42 Å². The second-order valence-corrected chi connectivity index (χ2v) is 7.87. The summed E-state index contributed by atoms with van der Waals surface area (Å²) in [6.07, 6.45) is 0. The number of rotatable bonds is 3. The number of hydrogen-bond donors (Lipinski definition) is 1. The first kappa shape index (κ1) is 16.3. The molecule has 0 atom stereocenters. The Morgan fingerprint density at radius 1 is 1.10 bits per heavy atom. The molecule has 0 bridgehead atoms. The third-order valence-corrected chi connectivity index (χ3v) is 5.36. The molecule has 0 saturated carbocycles. The second-order valence-electron chi connectivity index (χ2n) is 3.98. The molecule has 0 aliphatic rings. The van der Waals surface area contributed by atoms with Gasteiger partial charge in [0.1, 0.15) is 11.0 Å². The Hall–Kier alpha value is -1.07. The van der Waals surface area contributed by atoms with E-state index in [0.29, 0.717) is 8.95 Å². The molecule has 1 N–H and O–H groups in total. The van der Waals surface area contributed by atoms with Crippen LogP contribution in [0, 0.1) is 11.3 Å². The number of sulfonamides is 1. The lowest BCUT2D eigenvalue weighted by Gasteiger charge is -2.11. The normalized spacial score (nSPS) is 11.0. The van der Waals surface area contributed by atoms with Gasteiger partial charge in [-0.05, 0) is 36.4 Å². The maximum Gasteiger partial charge on any atom is 0.263 e. The molecule has 0 saturated heterocycles. The molecule has 108 valence electrons. The third kappa shape index (κ3) is 3.77. The lowest BCUT2D eigenvalue weighted by atomic mass is 10.2. The van der Waals surface area contributed by atoms with Crippen molar-refractivity contribution in [2.75, 3.05) is 4.72 Å². The first-order valence-corrected chi connectivity index (χ1v) is 8.96. The molecule has 2 rings (SSSR count). The van der Waals surface area contributed by atoms with E-state index in [2.05, 4.69) is 36.6 Å². The first-order valence-electron chi connectivity index (χ1n) is 5.51. The van der Waals surface area contributed by atoms with Crippen molar-refractivity contribution < 1.29 is 8.42 Å². The monoisotopic (exact) mass is 448 g/mol. The van der Waals surface area contributed by atoms with Gasteiger partial charge in [-0.2, -0.15) is 5.26 Å². The Morgan fingerprint density at radius 3 is 2.33 bits per heavy atom. The van der Waals surface area contributed by atoms with E-state index in [0.717, 1.165) is 0 Å². The Labute approximate surface area is 144 Å². The summed E-state index contributed by atoms with van der Waals surface area (Å²) < 4.78 is 28.5.